The van der Waals surface area contributed by atoms with E-state index in [1.807, 2.05) is 115 Å². The van der Waals surface area contributed by atoms with Crippen molar-refractivity contribution in [3.63, 3.8) is 0 Å². The van der Waals surface area contributed by atoms with Crippen LogP contribution < -0.4 is 0 Å². The van der Waals surface area contributed by atoms with Crippen LogP contribution in [0.5, 0.6) is 5.75 Å². The van der Waals surface area contributed by atoms with Gasteiger partial charge in [-0.3, -0.25) is 9.55 Å². The zero-order valence-electron chi connectivity index (χ0n) is 43.6. The largest absolute Gasteiger partial charge is 0.507 e. The number of aryl methyl sites for hydroxylation is 1. The SMILES string of the molecule is [2H]C([2H])([2H])C(c1cc(-c2cc(-c3ccccc3)ccn2)cc(-c2cccc3c2nc(-c2cc(C(C)(C)C)cc(C(C)(C)C)c2O)n3-c2ccc(C)cc2-c2ccccc2)c1)(C([2H])([2H])[2H])C([2H])([2H])[2H]. The number of benzene rings is 6. The number of fused-ring (bicyclic) bond motifs is 1. The number of para-hydroxylation sites is 1. The first-order chi connectivity index (χ1) is 31.7. The molecule has 6 aromatic carbocycles. The predicted octanol–water partition coefficient (Wildman–Crippen LogP) is 14.7. The van der Waals surface area contributed by atoms with Crippen LogP contribution in [0.3, 0.4) is 0 Å². The highest BCUT2D eigenvalue weighted by Crippen LogP contribution is 2.46. The first-order valence-corrected chi connectivity index (χ1v) is 20.0. The van der Waals surface area contributed by atoms with Crippen LogP contribution in [0, 0.1) is 6.92 Å². The molecular weight excluding hydrogens is 719 g/mol. The van der Waals surface area contributed by atoms with E-state index in [1.54, 1.807) is 18.3 Å². The van der Waals surface area contributed by atoms with Gasteiger partial charge in [-0.05, 0) is 105 Å². The molecule has 59 heavy (non-hydrogen) atoms. The zero-order chi connectivity index (χ0) is 49.4. The fourth-order valence-corrected chi connectivity index (χ4v) is 7.81. The van der Waals surface area contributed by atoms with E-state index in [9.17, 15) is 5.11 Å². The van der Waals surface area contributed by atoms with Crippen LogP contribution in [0.4, 0.5) is 0 Å². The molecule has 8 rings (SSSR count). The molecule has 0 amide bonds. The second-order valence-electron chi connectivity index (χ2n) is 17.6. The van der Waals surface area contributed by atoms with Crippen LogP contribution in [0.2, 0.25) is 0 Å². The number of nitrogens with zero attached hydrogens (tertiary/aromatic N) is 3. The Morgan fingerprint density at radius 2 is 1.22 bits per heavy atom. The first kappa shape index (κ1) is 29.9. The third kappa shape index (κ3) is 7.72. The molecular formula is C55H55N3O. The molecule has 0 aliphatic heterocycles. The van der Waals surface area contributed by atoms with Gasteiger partial charge in [0.2, 0.25) is 0 Å². The molecule has 0 unspecified atom stereocenters. The topological polar surface area (TPSA) is 50.9 Å². The second kappa shape index (κ2) is 14.8. The first-order valence-electron chi connectivity index (χ1n) is 24.5. The predicted molar refractivity (Wildman–Crippen MR) is 249 cm³/mol. The third-order valence-electron chi connectivity index (χ3n) is 11.0. The molecule has 0 aliphatic carbocycles. The minimum Gasteiger partial charge on any atom is -0.507 e. The molecule has 8 aromatic rings. The molecule has 0 spiro atoms. The fraction of sp³-hybridized carbons (Fsp3) is 0.236. The molecule has 0 aliphatic rings. The Hall–Kier alpha value is -6.26. The number of rotatable bonds is 6. The van der Waals surface area contributed by atoms with Gasteiger partial charge < -0.3 is 5.11 Å². The highest BCUT2D eigenvalue weighted by molar-refractivity contribution is 5.98. The van der Waals surface area contributed by atoms with Gasteiger partial charge in [-0.1, -0.05) is 159 Å². The Balaban J connectivity index is 1.53. The van der Waals surface area contributed by atoms with Crippen molar-refractivity contribution in [2.24, 2.45) is 0 Å². The molecule has 0 bridgehead atoms. The summed E-state index contributed by atoms with van der Waals surface area (Å²) in [5, 5.41) is 12.5. The zero-order valence-corrected chi connectivity index (χ0v) is 34.6. The van der Waals surface area contributed by atoms with Crippen molar-refractivity contribution in [1.82, 2.24) is 14.5 Å². The van der Waals surface area contributed by atoms with Crippen LogP contribution in [0.15, 0.2) is 146 Å². The minimum atomic E-state index is -3.53. The molecule has 0 saturated carbocycles. The Morgan fingerprint density at radius 3 is 1.90 bits per heavy atom. The van der Waals surface area contributed by atoms with Crippen molar-refractivity contribution in [3.05, 3.63) is 168 Å². The number of imidazole rings is 1. The lowest BCUT2D eigenvalue weighted by Crippen LogP contribution is -2.17. The number of phenolic OH excluding ortho intramolecular Hbond substituents is 1. The maximum absolute atomic E-state index is 12.5. The van der Waals surface area contributed by atoms with Gasteiger partial charge in [-0.25, -0.2) is 4.98 Å². The Morgan fingerprint density at radius 1 is 0.542 bits per heavy atom. The summed E-state index contributed by atoms with van der Waals surface area (Å²) in [5.41, 5.74) is 5.58. The van der Waals surface area contributed by atoms with Crippen molar-refractivity contribution in [3.8, 4) is 67.5 Å². The summed E-state index contributed by atoms with van der Waals surface area (Å²) in [7, 11) is 0. The molecule has 2 aromatic heterocycles. The summed E-state index contributed by atoms with van der Waals surface area (Å²) in [6, 6.07) is 43.5. The highest BCUT2D eigenvalue weighted by Gasteiger charge is 2.29. The lowest BCUT2D eigenvalue weighted by molar-refractivity contribution is 0.446. The summed E-state index contributed by atoms with van der Waals surface area (Å²) in [6.07, 6.45) is 1.61. The van der Waals surface area contributed by atoms with Gasteiger partial charge in [-0.15, -0.1) is 0 Å². The maximum atomic E-state index is 12.5. The van der Waals surface area contributed by atoms with E-state index < -0.39 is 36.9 Å². The van der Waals surface area contributed by atoms with Crippen molar-refractivity contribution in [2.75, 3.05) is 0 Å². The van der Waals surface area contributed by atoms with Gasteiger partial charge in [0.25, 0.3) is 0 Å². The number of aromatic hydroxyl groups is 1. The summed E-state index contributed by atoms with van der Waals surface area (Å²) < 4.78 is 80.7. The summed E-state index contributed by atoms with van der Waals surface area (Å²) >= 11 is 0. The number of aromatic nitrogens is 3. The van der Waals surface area contributed by atoms with Gasteiger partial charge in [0.15, 0.2) is 0 Å². The Labute approximate surface area is 362 Å². The summed E-state index contributed by atoms with van der Waals surface area (Å²) in [5.74, 6) is 0.501. The van der Waals surface area contributed by atoms with E-state index in [1.165, 1.54) is 12.1 Å². The molecule has 4 heteroatoms. The molecule has 0 radical (unpaired) electrons. The van der Waals surface area contributed by atoms with Crippen LogP contribution in [-0.4, -0.2) is 19.6 Å². The van der Waals surface area contributed by atoms with E-state index in [-0.39, 0.29) is 11.2 Å². The molecule has 0 fully saturated rings. The van der Waals surface area contributed by atoms with Gasteiger partial charge in [0, 0.05) is 40.8 Å². The number of phenols is 1. The minimum absolute atomic E-state index is 0.0726. The Bertz CT molecular complexity index is 3140. The monoisotopic (exact) mass is 782 g/mol. The average Bonchev–Trinajstić information content (AvgIpc) is 3.64. The number of pyridine rings is 1. The molecule has 296 valence electrons. The van der Waals surface area contributed by atoms with Gasteiger partial charge in [0.05, 0.1) is 28.0 Å². The summed E-state index contributed by atoms with van der Waals surface area (Å²) in [6.45, 7) is 3.98. The molecule has 0 saturated heterocycles. The van der Waals surface area contributed by atoms with Crippen LogP contribution in [-0.2, 0) is 16.2 Å². The molecule has 1 N–H and O–H groups in total. The second-order valence-corrected chi connectivity index (χ2v) is 17.6. The van der Waals surface area contributed by atoms with E-state index in [0.29, 0.717) is 44.8 Å². The smallest absolute Gasteiger partial charge is 0.149 e. The van der Waals surface area contributed by atoms with Crippen molar-refractivity contribution < 1.29 is 17.4 Å². The fourth-order valence-electron chi connectivity index (χ4n) is 7.81. The lowest BCUT2D eigenvalue weighted by atomic mass is 9.79. The molecule has 2 heterocycles. The van der Waals surface area contributed by atoms with E-state index in [4.69, 9.17) is 17.3 Å². The van der Waals surface area contributed by atoms with E-state index in [2.05, 4.69) is 58.7 Å². The number of hydrogen-bond donors (Lipinski definition) is 1. The van der Waals surface area contributed by atoms with E-state index >= 15 is 0 Å². The van der Waals surface area contributed by atoms with Gasteiger partial charge in [-0.2, -0.15) is 0 Å². The lowest BCUT2D eigenvalue weighted by Gasteiger charge is -2.27. The highest BCUT2D eigenvalue weighted by atomic mass is 16.3. The van der Waals surface area contributed by atoms with Crippen LogP contribution in [0.25, 0.3) is 72.7 Å². The normalized spacial score (nSPS) is 15.2. The van der Waals surface area contributed by atoms with Gasteiger partial charge in [0.1, 0.15) is 11.6 Å². The molecule has 0 atom stereocenters. The van der Waals surface area contributed by atoms with Gasteiger partial charge >= 0.3 is 0 Å². The molecule has 4 nitrogen and oxygen atoms in total. The van der Waals surface area contributed by atoms with Crippen LogP contribution in [0.1, 0.15) is 96.7 Å². The van der Waals surface area contributed by atoms with Crippen LogP contribution >= 0.6 is 0 Å². The Kier molecular flexibility index (Phi) is 7.52. The van der Waals surface area contributed by atoms with Crippen molar-refractivity contribution in [2.45, 2.75) is 85.3 Å². The number of hydrogen-bond acceptors (Lipinski definition) is 3. The van der Waals surface area contributed by atoms with Crippen molar-refractivity contribution >= 4 is 11.0 Å². The quantitative estimate of drug-likeness (QED) is 0.183. The third-order valence-corrected chi connectivity index (χ3v) is 11.0. The average molecular weight is 783 g/mol. The standard InChI is InChI=1S/C55H55N3O/c1-35-24-25-48(44(28-35)37-20-15-12-16-21-37)58-49-23-17-22-43(50(49)57-52(58)45-33-42(54(5,6)7)34-46(51(45)59)55(8,9)10)39-29-40(31-41(30-39)53(2,3)4)47-32-38(26-27-56-47)36-18-13-11-14-19-36/h11-34,59H,1-10H3/i2D3,3D3,4D3. The maximum Gasteiger partial charge on any atom is 0.149 e. The van der Waals surface area contributed by atoms with E-state index in [0.717, 1.165) is 44.6 Å². The summed E-state index contributed by atoms with van der Waals surface area (Å²) in [4.78, 5) is 10.1. The van der Waals surface area contributed by atoms with Crippen molar-refractivity contribution in [1.29, 1.82) is 0 Å².